The van der Waals surface area contributed by atoms with Gasteiger partial charge in [0.2, 0.25) is 0 Å². The number of hydrogen-bond donors (Lipinski definition) is 1. The Bertz CT molecular complexity index is 432. The van der Waals surface area contributed by atoms with Gasteiger partial charge in [0.1, 0.15) is 13.2 Å². The van der Waals surface area contributed by atoms with Crippen molar-refractivity contribution < 1.29 is 22.6 Å². The zero-order valence-corrected chi connectivity index (χ0v) is 9.93. The smallest absolute Gasteiger partial charge is 0.401 e. The molecule has 2 rings (SSSR count). The van der Waals surface area contributed by atoms with Crippen LogP contribution >= 0.6 is 0 Å². The quantitative estimate of drug-likeness (QED) is 0.906. The number of hydrogen-bond acceptors (Lipinski definition) is 3. The van der Waals surface area contributed by atoms with Crippen LogP contribution in [0.25, 0.3) is 0 Å². The molecule has 0 aliphatic carbocycles. The van der Waals surface area contributed by atoms with Gasteiger partial charge in [0, 0.05) is 6.54 Å². The average Bonchev–Trinajstić information content (AvgIpc) is 2.28. The van der Waals surface area contributed by atoms with Crippen molar-refractivity contribution in [3.05, 3.63) is 23.3 Å². The molecule has 0 saturated heterocycles. The summed E-state index contributed by atoms with van der Waals surface area (Å²) in [6, 6.07) is 3.52. The Morgan fingerprint density at radius 3 is 2.39 bits per heavy atom. The van der Waals surface area contributed by atoms with Crippen LogP contribution in [0.1, 0.15) is 11.1 Å². The van der Waals surface area contributed by atoms with Gasteiger partial charge in [-0.1, -0.05) is 0 Å². The SMILES string of the molecule is Cc1cc2c(cc1CNCC(F)(F)F)OCCO2. The third kappa shape index (κ3) is 3.29. The molecule has 3 nitrogen and oxygen atoms in total. The van der Waals surface area contributed by atoms with Gasteiger partial charge in [-0.2, -0.15) is 13.2 Å². The van der Waals surface area contributed by atoms with Gasteiger partial charge in [0.05, 0.1) is 6.54 Å². The number of alkyl halides is 3. The van der Waals surface area contributed by atoms with Crippen LogP contribution in [0.4, 0.5) is 13.2 Å². The van der Waals surface area contributed by atoms with Crippen LogP contribution in [0.3, 0.4) is 0 Å². The molecular weight excluding hydrogens is 247 g/mol. The highest BCUT2D eigenvalue weighted by molar-refractivity contribution is 5.47. The lowest BCUT2D eigenvalue weighted by Crippen LogP contribution is -2.28. The second-order valence-corrected chi connectivity index (χ2v) is 4.14. The van der Waals surface area contributed by atoms with Gasteiger partial charge in [-0.25, -0.2) is 0 Å². The van der Waals surface area contributed by atoms with Crippen molar-refractivity contribution in [3.8, 4) is 11.5 Å². The van der Waals surface area contributed by atoms with Crippen molar-refractivity contribution in [1.29, 1.82) is 0 Å². The summed E-state index contributed by atoms with van der Waals surface area (Å²) in [5, 5.41) is 2.37. The predicted molar refractivity (Wildman–Crippen MR) is 59.9 cm³/mol. The summed E-state index contributed by atoms with van der Waals surface area (Å²) in [6.07, 6.45) is -4.19. The number of ether oxygens (including phenoxy) is 2. The molecule has 1 aromatic rings. The minimum Gasteiger partial charge on any atom is -0.486 e. The molecule has 1 aliphatic heterocycles. The molecule has 0 amide bonds. The van der Waals surface area contributed by atoms with E-state index in [2.05, 4.69) is 5.32 Å². The fraction of sp³-hybridized carbons (Fsp3) is 0.500. The monoisotopic (exact) mass is 261 g/mol. The minimum absolute atomic E-state index is 0.155. The Balaban J connectivity index is 2.04. The maximum Gasteiger partial charge on any atom is 0.401 e. The zero-order chi connectivity index (χ0) is 13.2. The molecule has 6 heteroatoms. The van der Waals surface area contributed by atoms with Gasteiger partial charge >= 0.3 is 6.18 Å². The first-order valence-corrected chi connectivity index (χ1v) is 5.62. The normalized spacial score (nSPS) is 14.7. The fourth-order valence-corrected chi connectivity index (χ4v) is 1.76. The lowest BCUT2D eigenvalue weighted by molar-refractivity contribution is -0.125. The largest absolute Gasteiger partial charge is 0.486 e. The highest BCUT2D eigenvalue weighted by Crippen LogP contribution is 2.32. The van der Waals surface area contributed by atoms with Crippen LogP contribution in [-0.2, 0) is 6.54 Å². The second kappa shape index (κ2) is 5.06. The molecule has 0 fully saturated rings. The Labute approximate surface area is 103 Å². The summed E-state index contributed by atoms with van der Waals surface area (Å²) in [5.41, 5.74) is 1.66. The van der Waals surface area contributed by atoms with E-state index in [4.69, 9.17) is 9.47 Å². The van der Waals surface area contributed by atoms with E-state index in [0.717, 1.165) is 11.1 Å². The Morgan fingerprint density at radius 2 is 1.78 bits per heavy atom. The van der Waals surface area contributed by atoms with Crippen LogP contribution in [-0.4, -0.2) is 25.9 Å². The molecule has 0 saturated carbocycles. The van der Waals surface area contributed by atoms with Crippen LogP contribution in [0, 0.1) is 6.92 Å². The van der Waals surface area contributed by atoms with E-state index in [9.17, 15) is 13.2 Å². The van der Waals surface area contributed by atoms with E-state index in [0.29, 0.717) is 24.7 Å². The van der Waals surface area contributed by atoms with E-state index in [1.54, 1.807) is 12.1 Å². The first kappa shape index (κ1) is 13.0. The maximum atomic E-state index is 12.0. The summed E-state index contributed by atoms with van der Waals surface area (Å²) in [6.45, 7) is 1.95. The molecule has 1 heterocycles. The molecule has 0 atom stereocenters. The van der Waals surface area contributed by atoms with Crippen molar-refractivity contribution in [3.63, 3.8) is 0 Å². The van der Waals surface area contributed by atoms with Crippen molar-refractivity contribution in [2.75, 3.05) is 19.8 Å². The number of halogens is 3. The van der Waals surface area contributed by atoms with Crippen molar-refractivity contribution in [2.24, 2.45) is 0 Å². The van der Waals surface area contributed by atoms with E-state index in [1.165, 1.54) is 0 Å². The van der Waals surface area contributed by atoms with Gasteiger partial charge in [-0.15, -0.1) is 0 Å². The molecule has 0 radical (unpaired) electrons. The van der Waals surface area contributed by atoms with Crippen LogP contribution < -0.4 is 14.8 Å². The number of benzene rings is 1. The summed E-state index contributed by atoms with van der Waals surface area (Å²) in [4.78, 5) is 0. The molecule has 0 bridgehead atoms. The summed E-state index contributed by atoms with van der Waals surface area (Å²) in [7, 11) is 0. The Hall–Kier alpha value is -1.43. The van der Waals surface area contributed by atoms with E-state index in [-0.39, 0.29) is 6.54 Å². The third-order valence-electron chi connectivity index (χ3n) is 2.64. The second-order valence-electron chi connectivity index (χ2n) is 4.14. The topological polar surface area (TPSA) is 30.5 Å². The molecule has 0 aromatic heterocycles. The molecular formula is C12H14F3NO2. The number of rotatable bonds is 3. The highest BCUT2D eigenvalue weighted by Gasteiger charge is 2.26. The van der Waals surface area contributed by atoms with E-state index in [1.807, 2.05) is 6.92 Å². The fourth-order valence-electron chi connectivity index (χ4n) is 1.76. The molecule has 1 aliphatic rings. The molecule has 1 N–H and O–H groups in total. The number of nitrogens with one attached hydrogen (secondary N) is 1. The number of fused-ring (bicyclic) bond motifs is 1. The maximum absolute atomic E-state index is 12.0. The van der Waals surface area contributed by atoms with Crippen molar-refractivity contribution in [1.82, 2.24) is 5.32 Å². The third-order valence-corrected chi connectivity index (χ3v) is 2.64. The van der Waals surface area contributed by atoms with E-state index >= 15 is 0 Å². The van der Waals surface area contributed by atoms with Crippen molar-refractivity contribution in [2.45, 2.75) is 19.6 Å². The first-order valence-electron chi connectivity index (χ1n) is 5.62. The van der Waals surface area contributed by atoms with Crippen LogP contribution in [0.15, 0.2) is 12.1 Å². The standard InChI is InChI=1S/C12H14F3NO2/c1-8-4-10-11(18-3-2-17-10)5-9(8)6-16-7-12(13,14)15/h4-5,16H,2-3,6-7H2,1H3. The molecule has 0 spiro atoms. The molecule has 1 aromatic carbocycles. The molecule has 18 heavy (non-hydrogen) atoms. The lowest BCUT2D eigenvalue weighted by Gasteiger charge is -2.20. The van der Waals surface area contributed by atoms with Crippen molar-refractivity contribution >= 4 is 0 Å². The summed E-state index contributed by atoms with van der Waals surface area (Å²) < 4.78 is 46.9. The van der Waals surface area contributed by atoms with E-state index < -0.39 is 12.7 Å². The first-order chi connectivity index (χ1) is 8.46. The zero-order valence-electron chi connectivity index (χ0n) is 9.93. The van der Waals surface area contributed by atoms with Crippen LogP contribution in [0.5, 0.6) is 11.5 Å². The predicted octanol–water partition coefficient (Wildman–Crippen LogP) is 2.42. The van der Waals surface area contributed by atoms with Gasteiger partial charge < -0.3 is 14.8 Å². The lowest BCUT2D eigenvalue weighted by atomic mass is 10.1. The average molecular weight is 261 g/mol. The minimum atomic E-state index is -4.19. The molecule has 100 valence electrons. The molecule has 0 unspecified atom stereocenters. The summed E-state index contributed by atoms with van der Waals surface area (Å²) >= 11 is 0. The Morgan fingerprint density at radius 1 is 1.17 bits per heavy atom. The van der Waals surface area contributed by atoms with Gasteiger partial charge in [-0.3, -0.25) is 0 Å². The summed E-state index contributed by atoms with van der Waals surface area (Å²) in [5.74, 6) is 1.24. The highest BCUT2D eigenvalue weighted by atomic mass is 19.4. The van der Waals surface area contributed by atoms with Gasteiger partial charge in [-0.05, 0) is 30.2 Å². The Kier molecular flexibility index (Phi) is 3.65. The van der Waals surface area contributed by atoms with Gasteiger partial charge in [0.25, 0.3) is 0 Å². The van der Waals surface area contributed by atoms with Crippen LogP contribution in [0.2, 0.25) is 0 Å². The number of aryl methyl sites for hydroxylation is 1. The van der Waals surface area contributed by atoms with Gasteiger partial charge in [0.15, 0.2) is 11.5 Å².